The van der Waals surface area contributed by atoms with Gasteiger partial charge < -0.3 is 14.6 Å². The topological polar surface area (TPSA) is 66.7 Å². The van der Waals surface area contributed by atoms with Crippen LogP contribution in [0.2, 0.25) is 0 Å². The zero-order chi connectivity index (χ0) is 14.3. The van der Waals surface area contributed by atoms with Crippen molar-refractivity contribution >= 4 is 17.5 Å². The van der Waals surface area contributed by atoms with E-state index in [0.717, 1.165) is 5.65 Å². The molecule has 20 heavy (non-hydrogen) atoms. The SMILES string of the molecule is CC1(C)C(=O)NCCN1C(=O)c1cn2ccccc2n1. The van der Waals surface area contributed by atoms with E-state index in [-0.39, 0.29) is 11.8 Å². The molecule has 0 spiro atoms. The summed E-state index contributed by atoms with van der Waals surface area (Å²) >= 11 is 0. The van der Waals surface area contributed by atoms with Gasteiger partial charge in [0.25, 0.3) is 5.91 Å². The number of carbonyl (C=O) groups excluding carboxylic acids is 2. The Balaban J connectivity index is 1.97. The van der Waals surface area contributed by atoms with Crippen LogP contribution in [0.5, 0.6) is 0 Å². The van der Waals surface area contributed by atoms with Crippen molar-refractivity contribution in [2.45, 2.75) is 19.4 Å². The maximum atomic E-state index is 12.6. The molecule has 3 rings (SSSR count). The molecular formula is C14H16N4O2. The maximum Gasteiger partial charge on any atom is 0.275 e. The van der Waals surface area contributed by atoms with Gasteiger partial charge in [-0.05, 0) is 26.0 Å². The summed E-state index contributed by atoms with van der Waals surface area (Å²) in [4.78, 5) is 30.4. The molecule has 6 heteroatoms. The fourth-order valence-electron chi connectivity index (χ4n) is 2.43. The zero-order valence-electron chi connectivity index (χ0n) is 11.5. The Morgan fingerprint density at radius 3 is 2.95 bits per heavy atom. The molecule has 0 saturated carbocycles. The van der Waals surface area contributed by atoms with E-state index in [1.165, 1.54) is 0 Å². The van der Waals surface area contributed by atoms with Crippen LogP contribution < -0.4 is 5.32 Å². The molecule has 1 N–H and O–H groups in total. The molecule has 0 bridgehead atoms. The van der Waals surface area contributed by atoms with Gasteiger partial charge in [-0.15, -0.1) is 0 Å². The average molecular weight is 272 g/mol. The van der Waals surface area contributed by atoms with Crippen LogP contribution in [0.3, 0.4) is 0 Å². The first-order chi connectivity index (χ1) is 9.50. The van der Waals surface area contributed by atoms with Gasteiger partial charge in [-0.3, -0.25) is 9.59 Å². The number of fused-ring (bicyclic) bond motifs is 1. The fraction of sp³-hybridized carbons (Fsp3) is 0.357. The molecule has 2 amide bonds. The van der Waals surface area contributed by atoms with Crippen LogP contribution in [0.4, 0.5) is 0 Å². The minimum atomic E-state index is -0.856. The molecule has 3 heterocycles. The van der Waals surface area contributed by atoms with Gasteiger partial charge >= 0.3 is 0 Å². The molecule has 0 atom stereocenters. The Bertz CT molecular complexity index is 656. The van der Waals surface area contributed by atoms with Crippen molar-refractivity contribution in [1.29, 1.82) is 0 Å². The molecule has 1 aliphatic heterocycles. The number of pyridine rings is 1. The second-order valence-corrected chi connectivity index (χ2v) is 5.36. The summed E-state index contributed by atoms with van der Waals surface area (Å²) in [5, 5.41) is 2.78. The third kappa shape index (κ3) is 1.84. The largest absolute Gasteiger partial charge is 0.352 e. The van der Waals surface area contributed by atoms with Crippen molar-refractivity contribution in [3.05, 3.63) is 36.3 Å². The van der Waals surface area contributed by atoms with E-state index in [9.17, 15) is 9.59 Å². The van der Waals surface area contributed by atoms with Gasteiger partial charge in [-0.2, -0.15) is 0 Å². The van der Waals surface area contributed by atoms with Gasteiger partial charge in [0.1, 0.15) is 16.9 Å². The number of amides is 2. The molecule has 2 aromatic heterocycles. The summed E-state index contributed by atoms with van der Waals surface area (Å²) in [5.74, 6) is -0.352. The normalized spacial score (nSPS) is 18.1. The monoisotopic (exact) mass is 272 g/mol. The van der Waals surface area contributed by atoms with E-state index < -0.39 is 5.54 Å². The summed E-state index contributed by atoms with van der Waals surface area (Å²) in [7, 11) is 0. The van der Waals surface area contributed by atoms with E-state index in [1.807, 2.05) is 24.4 Å². The van der Waals surface area contributed by atoms with Crippen molar-refractivity contribution in [2.24, 2.45) is 0 Å². The Kier molecular flexibility index (Phi) is 2.74. The molecule has 0 aromatic carbocycles. The van der Waals surface area contributed by atoms with Gasteiger partial charge in [0.15, 0.2) is 0 Å². The van der Waals surface area contributed by atoms with Crippen LogP contribution in [-0.2, 0) is 4.79 Å². The van der Waals surface area contributed by atoms with Gasteiger partial charge in [0.05, 0.1) is 0 Å². The lowest BCUT2D eigenvalue weighted by Crippen LogP contribution is -2.63. The lowest BCUT2D eigenvalue weighted by atomic mass is 9.98. The number of aromatic nitrogens is 2. The summed E-state index contributed by atoms with van der Waals surface area (Å²) < 4.78 is 1.80. The van der Waals surface area contributed by atoms with Crippen LogP contribution in [0.1, 0.15) is 24.3 Å². The highest BCUT2D eigenvalue weighted by Crippen LogP contribution is 2.20. The summed E-state index contributed by atoms with van der Waals surface area (Å²) in [6.07, 6.45) is 3.54. The zero-order valence-corrected chi connectivity index (χ0v) is 11.5. The molecule has 0 aliphatic carbocycles. The molecule has 0 radical (unpaired) electrons. The summed E-state index contributed by atoms with van der Waals surface area (Å²) in [5.41, 5.74) is 0.222. The second-order valence-electron chi connectivity index (χ2n) is 5.36. The van der Waals surface area contributed by atoms with Gasteiger partial charge in [-0.25, -0.2) is 4.98 Å². The Morgan fingerprint density at radius 1 is 1.40 bits per heavy atom. The van der Waals surface area contributed by atoms with Crippen LogP contribution in [0.15, 0.2) is 30.6 Å². The third-order valence-corrected chi connectivity index (χ3v) is 3.68. The average Bonchev–Trinajstić information content (AvgIpc) is 2.85. The van der Waals surface area contributed by atoms with E-state index in [4.69, 9.17) is 0 Å². The third-order valence-electron chi connectivity index (χ3n) is 3.68. The fourth-order valence-corrected chi connectivity index (χ4v) is 2.43. The molecule has 6 nitrogen and oxygen atoms in total. The van der Waals surface area contributed by atoms with E-state index in [0.29, 0.717) is 18.8 Å². The molecule has 1 saturated heterocycles. The highest BCUT2D eigenvalue weighted by Gasteiger charge is 2.41. The minimum Gasteiger partial charge on any atom is -0.352 e. The number of carbonyl (C=O) groups is 2. The van der Waals surface area contributed by atoms with Crippen molar-refractivity contribution in [1.82, 2.24) is 19.6 Å². The first kappa shape index (κ1) is 12.7. The van der Waals surface area contributed by atoms with E-state index in [1.54, 1.807) is 29.3 Å². The number of imidazole rings is 1. The Labute approximate surface area is 116 Å². The van der Waals surface area contributed by atoms with Crippen LogP contribution in [0, 0.1) is 0 Å². The quantitative estimate of drug-likeness (QED) is 0.830. The number of rotatable bonds is 1. The first-order valence-electron chi connectivity index (χ1n) is 6.54. The molecule has 0 unspecified atom stereocenters. The lowest BCUT2D eigenvalue weighted by Gasteiger charge is -2.40. The van der Waals surface area contributed by atoms with Crippen molar-refractivity contribution < 1.29 is 9.59 Å². The molecule has 2 aromatic rings. The predicted molar refractivity (Wildman–Crippen MR) is 73.3 cm³/mol. The summed E-state index contributed by atoms with van der Waals surface area (Å²) in [6.45, 7) is 4.46. The maximum absolute atomic E-state index is 12.6. The highest BCUT2D eigenvalue weighted by atomic mass is 16.2. The van der Waals surface area contributed by atoms with Gasteiger partial charge in [-0.1, -0.05) is 6.07 Å². The first-order valence-corrected chi connectivity index (χ1v) is 6.54. The molecule has 1 aliphatic rings. The van der Waals surface area contributed by atoms with Gasteiger partial charge in [0.2, 0.25) is 5.91 Å². The van der Waals surface area contributed by atoms with Crippen molar-refractivity contribution in [2.75, 3.05) is 13.1 Å². The smallest absolute Gasteiger partial charge is 0.275 e. The molecular weight excluding hydrogens is 256 g/mol. The Hall–Kier alpha value is -2.37. The minimum absolute atomic E-state index is 0.138. The standard InChI is InChI=1S/C14H16N4O2/c1-14(2)13(20)15-6-8-18(14)12(19)10-9-17-7-4-3-5-11(17)16-10/h3-5,7,9H,6,8H2,1-2H3,(H,15,20). The van der Waals surface area contributed by atoms with Crippen LogP contribution >= 0.6 is 0 Å². The van der Waals surface area contributed by atoms with E-state index in [2.05, 4.69) is 10.3 Å². The van der Waals surface area contributed by atoms with Crippen molar-refractivity contribution in [3.63, 3.8) is 0 Å². The van der Waals surface area contributed by atoms with Gasteiger partial charge in [0, 0.05) is 25.5 Å². The number of nitrogens with one attached hydrogen (secondary N) is 1. The number of nitrogens with zero attached hydrogens (tertiary/aromatic N) is 3. The Morgan fingerprint density at radius 2 is 2.20 bits per heavy atom. The van der Waals surface area contributed by atoms with Crippen molar-refractivity contribution in [3.8, 4) is 0 Å². The molecule has 104 valence electrons. The highest BCUT2D eigenvalue weighted by molar-refractivity contribution is 5.98. The predicted octanol–water partition coefficient (Wildman–Crippen LogP) is 0.685. The number of hydrogen-bond acceptors (Lipinski definition) is 3. The number of piperazine rings is 1. The number of hydrogen-bond donors (Lipinski definition) is 1. The van der Waals surface area contributed by atoms with Crippen LogP contribution in [0.25, 0.3) is 5.65 Å². The molecule has 1 fully saturated rings. The van der Waals surface area contributed by atoms with Crippen LogP contribution in [-0.4, -0.2) is 44.7 Å². The summed E-state index contributed by atoms with van der Waals surface area (Å²) in [6, 6.07) is 5.58. The second kappa shape index (κ2) is 4.33. The van der Waals surface area contributed by atoms with E-state index >= 15 is 0 Å². The lowest BCUT2D eigenvalue weighted by molar-refractivity contribution is -0.133.